The van der Waals surface area contributed by atoms with Crippen LogP contribution in [0.15, 0.2) is 6.07 Å². The number of hydrogen-bond acceptors (Lipinski definition) is 3. The van der Waals surface area contributed by atoms with Gasteiger partial charge in [0.25, 0.3) is 0 Å². The van der Waals surface area contributed by atoms with Crippen LogP contribution >= 0.6 is 0 Å². The van der Waals surface area contributed by atoms with Crippen molar-refractivity contribution < 1.29 is 9.53 Å². The highest BCUT2D eigenvalue weighted by atomic mass is 16.5. The number of aryl methyl sites for hydroxylation is 2. The van der Waals surface area contributed by atoms with Crippen molar-refractivity contribution in [2.75, 3.05) is 26.8 Å². The smallest absolute Gasteiger partial charge is 0.209 e. The van der Waals surface area contributed by atoms with E-state index in [1.807, 2.05) is 4.68 Å². The predicted molar refractivity (Wildman–Crippen MR) is 70.5 cm³/mol. The average Bonchev–Trinajstić information content (AvgIpc) is 2.81. The van der Waals surface area contributed by atoms with Gasteiger partial charge in [0, 0.05) is 38.9 Å². The summed E-state index contributed by atoms with van der Waals surface area (Å²) in [5, 5.41) is 4.50. The van der Waals surface area contributed by atoms with Gasteiger partial charge in [0.15, 0.2) is 0 Å². The molecule has 18 heavy (non-hydrogen) atoms. The zero-order valence-electron chi connectivity index (χ0n) is 11.6. The molecule has 1 heterocycles. The normalized spacial score (nSPS) is 10.6. The van der Waals surface area contributed by atoms with E-state index in [0.29, 0.717) is 19.7 Å². The van der Waals surface area contributed by atoms with Gasteiger partial charge < -0.3 is 9.64 Å². The second-order valence-corrected chi connectivity index (χ2v) is 4.18. The van der Waals surface area contributed by atoms with Crippen LogP contribution in [-0.2, 0) is 28.9 Å². The Kier molecular flexibility index (Phi) is 6.43. The zero-order chi connectivity index (χ0) is 13.4. The van der Waals surface area contributed by atoms with Gasteiger partial charge in [0.05, 0.1) is 12.3 Å². The van der Waals surface area contributed by atoms with Gasteiger partial charge in [-0.1, -0.05) is 6.92 Å². The first-order valence-electron chi connectivity index (χ1n) is 6.49. The Hall–Kier alpha value is -1.36. The van der Waals surface area contributed by atoms with Gasteiger partial charge in [-0.05, 0) is 19.4 Å². The van der Waals surface area contributed by atoms with E-state index in [9.17, 15) is 4.79 Å². The van der Waals surface area contributed by atoms with Gasteiger partial charge in [-0.2, -0.15) is 5.10 Å². The van der Waals surface area contributed by atoms with Gasteiger partial charge in [0.1, 0.15) is 0 Å². The first-order valence-corrected chi connectivity index (χ1v) is 6.49. The molecule has 0 saturated carbocycles. The van der Waals surface area contributed by atoms with Crippen molar-refractivity contribution in [3.05, 3.63) is 17.5 Å². The lowest BCUT2D eigenvalue weighted by molar-refractivity contribution is -0.118. The van der Waals surface area contributed by atoms with Gasteiger partial charge in [-0.3, -0.25) is 9.48 Å². The Morgan fingerprint density at radius 3 is 2.78 bits per heavy atom. The maximum atomic E-state index is 10.9. The van der Waals surface area contributed by atoms with E-state index >= 15 is 0 Å². The standard InChI is InChI=1S/C13H23N3O2/c1-4-12-10-13(16(5-2)14-12)6-7-15(11-17)8-9-18-3/h10-11H,4-9H2,1-3H3. The number of nitrogens with zero attached hydrogens (tertiary/aromatic N) is 3. The lowest BCUT2D eigenvalue weighted by atomic mass is 10.2. The number of aromatic nitrogens is 2. The summed E-state index contributed by atoms with van der Waals surface area (Å²) in [6.07, 6.45) is 2.66. The van der Waals surface area contributed by atoms with Gasteiger partial charge >= 0.3 is 0 Å². The molecule has 0 spiro atoms. The first-order chi connectivity index (χ1) is 8.74. The number of ether oxygens (including phenoxy) is 1. The van der Waals surface area contributed by atoms with E-state index in [2.05, 4.69) is 25.0 Å². The molecule has 0 aromatic carbocycles. The number of amides is 1. The van der Waals surface area contributed by atoms with Crippen molar-refractivity contribution in [3.8, 4) is 0 Å². The Balaban J connectivity index is 2.55. The highest BCUT2D eigenvalue weighted by molar-refractivity contribution is 5.46. The van der Waals surface area contributed by atoms with Crippen molar-refractivity contribution in [2.45, 2.75) is 33.2 Å². The quantitative estimate of drug-likeness (QED) is 0.619. The molecule has 0 fully saturated rings. The van der Waals surface area contributed by atoms with Crippen LogP contribution < -0.4 is 0 Å². The molecule has 0 saturated heterocycles. The van der Waals surface area contributed by atoms with Gasteiger partial charge in [0.2, 0.25) is 6.41 Å². The summed E-state index contributed by atoms with van der Waals surface area (Å²) in [5.74, 6) is 0. The molecular formula is C13H23N3O2. The summed E-state index contributed by atoms with van der Waals surface area (Å²) < 4.78 is 6.99. The van der Waals surface area contributed by atoms with Crippen LogP contribution in [0, 0.1) is 0 Å². The van der Waals surface area contributed by atoms with E-state index in [-0.39, 0.29) is 0 Å². The molecule has 1 aromatic heterocycles. The summed E-state index contributed by atoms with van der Waals surface area (Å²) >= 11 is 0. The van der Waals surface area contributed by atoms with Crippen LogP contribution in [0.2, 0.25) is 0 Å². The summed E-state index contributed by atoms with van der Waals surface area (Å²) in [4.78, 5) is 12.6. The first kappa shape index (κ1) is 14.7. The number of rotatable bonds is 9. The highest BCUT2D eigenvalue weighted by Gasteiger charge is 2.08. The predicted octanol–water partition coefficient (Wildman–Crippen LogP) is 1.11. The zero-order valence-corrected chi connectivity index (χ0v) is 11.6. The Morgan fingerprint density at radius 1 is 1.44 bits per heavy atom. The third-order valence-corrected chi connectivity index (χ3v) is 2.96. The number of carbonyl (C=O) groups is 1. The van der Waals surface area contributed by atoms with E-state index in [1.165, 1.54) is 5.69 Å². The molecule has 0 unspecified atom stereocenters. The van der Waals surface area contributed by atoms with Gasteiger partial charge in [-0.25, -0.2) is 0 Å². The number of hydrogen-bond donors (Lipinski definition) is 0. The van der Waals surface area contributed by atoms with Crippen LogP contribution in [-0.4, -0.2) is 47.9 Å². The van der Waals surface area contributed by atoms with Crippen LogP contribution in [0.1, 0.15) is 25.2 Å². The van der Waals surface area contributed by atoms with Crippen molar-refractivity contribution >= 4 is 6.41 Å². The van der Waals surface area contributed by atoms with E-state index in [1.54, 1.807) is 12.0 Å². The molecule has 0 radical (unpaired) electrons. The maximum Gasteiger partial charge on any atom is 0.209 e. The van der Waals surface area contributed by atoms with Gasteiger partial charge in [-0.15, -0.1) is 0 Å². The van der Waals surface area contributed by atoms with Crippen LogP contribution in [0.5, 0.6) is 0 Å². The molecule has 0 N–H and O–H groups in total. The third kappa shape index (κ3) is 4.14. The monoisotopic (exact) mass is 253 g/mol. The average molecular weight is 253 g/mol. The second-order valence-electron chi connectivity index (χ2n) is 4.18. The fourth-order valence-corrected chi connectivity index (χ4v) is 1.85. The topological polar surface area (TPSA) is 47.4 Å². The van der Waals surface area contributed by atoms with Crippen molar-refractivity contribution in [1.82, 2.24) is 14.7 Å². The molecule has 102 valence electrons. The van der Waals surface area contributed by atoms with E-state index in [0.717, 1.165) is 31.5 Å². The highest BCUT2D eigenvalue weighted by Crippen LogP contribution is 2.07. The maximum absolute atomic E-state index is 10.9. The minimum absolute atomic E-state index is 0.575. The molecular weight excluding hydrogens is 230 g/mol. The Labute approximate surface area is 109 Å². The van der Waals surface area contributed by atoms with E-state index in [4.69, 9.17) is 4.74 Å². The van der Waals surface area contributed by atoms with Crippen LogP contribution in [0.3, 0.4) is 0 Å². The minimum Gasteiger partial charge on any atom is -0.383 e. The molecule has 1 rings (SSSR count). The number of methoxy groups -OCH3 is 1. The molecule has 5 heteroatoms. The molecule has 0 aliphatic carbocycles. The third-order valence-electron chi connectivity index (χ3n) is 2.96. The largest absolute Gasteiger partial charge is 0.383 e. The Morgan fingerprint density at radius 2 is 2.22 bits per heavy atom. The van der Waals surface area contributed by atoms with Crippen molar-refractivity contribution in [1.29, 1.82) is 0 Å². The summed E-state index contributed by atoms with van der Waals surface area (Å²) in [6.45, 7) is 6.98. The fourth-order valence-electron chi connectivity index (χ4n) is 1.85. The molecule has 0 atom stereocenters. The molecule has 0 aliphatic rings. The molecule has 0 aliphatic heterocycles. The summed E-state index contributed by atoms with van der Waals surface area (Å²) in [7, 11) is 1.64. The molecule has 1 aromatic rings. The SMILES string of the molecule is CCc1cc(CCN(C=O)CCOC)n(CC)n1. The molecule has 5 nitrogen and oxygen atoms in total. The molecule has 1 amide bonds. The van der Waals surface area contributed by atoms with Crippen molar-refractivity contribution in [2.24, 2.45) is 0 Å². The van der Waals surface area contributed by atoms with Crippen molar-refractivity contribution in [3.63, 3.8) is 0 Å². The number of carbonyl (C=O) groups excluding carboxylic acids is 1. The van der Waals surface area contributed by atoms with Crippen LogP contribution in [0.4, 0.5) is 0 Å². The summed E-state index contributed by atoms with van der Waals surface area (Å²) in [5.41, 5.74) is 2.31. The molecule has 0 bridgehead atoms. The van der Waals surface area contributed by atoms with Crippen LogP contribution in [0.25, 0.3) is 0 Å². The summed E-state index contributed by atoms with van der Waals surface area (Å²) in [6, 6.07) is 2.13. The Bertz CT molecular complexity index is 363. The van der Waals surface area contributed by atoms with E-state index < -0.39 is 0 Å². The lowest BCUT2D eigenvalue weighted by Gasteiger charge is -2.16. The lowest BCUT2D eigenvalue weighted by Crippen LogP contribution is -2.28. The fraction of sp³-hybridized carbons (Fsp3) is 0.692. The second kappa shape index (κ2) is 7.87. The minimum atomic E-state index is 0.575.